The highest BCUT2D eigenvalue weighted by atomic mass is 16.2. The molecule has 2 aliphatic carbocycles. The summed E-state index contributed by atoms with van der Waals surface area (Å²) in [5.74, 6) is 1.43. The maximum atomic E-state index is 12.5. The number of carbonyl (C=O) groups is 1. The van der Waals surface area contributed by atoms with Crippen molar-refractivity contribution in [2.24, 2.45) is 0 Å². The third kappa shape index (κ3) is 3.80. The van der Waals surface area contributed by atoms with Crippen molar-refractivity contribution in [1.29, 1.82) is 0 Å². The van der Waals surface area contributed by atoms with Gasteiger partial charge in [-0.1, -0.05) is 12.8 Å². The number of likely N-dealkylation sites (N-methyl/N-ethyl adjacent to an activating group) is 2. The molecule has 2 N–H and O–H groups in total. The Labute approximate surface area is 138 Å². The van der Waals surface area contributed by atoms with E-state index in [1.807, 2.05) is 7.05 Å². The second kappa shape index (κ2) is 6.83. The second-order valence-electron chi connectivity index (χ2n) is 6.95. The van der Waals surface area contributed by atoms with Crippen LogP contribution in [0.2, 0.25) is 0 Å². The van der Waals surface area contributed by atoms with E-state index in [9.17, 15) is 4.79 Å². The average molecular weight is 317 g/mol. The molecule has 1 amide bonds. The molecule has 126 valence electrons. The van der Waals surface area contributed by atoms with Gasteiger partial charge in [0.2, 0.25) is 0 Å². The summed E-state index contributed by atoms with van der Waals surface area (Å²) >= 11 is 0. The van der Waals surface area contributed by atoms with Gasteiger partial charge >= 0.3 is 0 Å². The molecule has 0 bridgehead atoms. The first kappa shape index (κ1) is 16.2. The monoisotopic (exact) mass is 317 g/mol. The van der Waals surface area contributed by atoms with Crippen LogP contribution in [0.3, 0.4) is 0 Å². The number of nitrogens with two attached hydrogens (primary N) is 1. The number of carbonyl (C=O) groups excluding carboxylic acids is 1. The molecule has 23 heavy (non-hydrogen) atoms. The van der Waals surface area contributed by atoms with Crippen molar-refractivity contribution in [2.75, 3.05) is 32.9 Å². The van der Waals surface area contributed by atoms with Gasteiger partial charge in [0, 0.05) is 38.3 Å². The molecular weight excluding hydrogens is 290 g/mol. The molecule has 0 saturated heterocycles. The molecular formula is C17H27N5O. The Morgan fingerprint density at radius 2 is 1.91 bits per heavy atom. The van der Waals surface area contributed by atoms with Crippen molar-refractivity contribution in [3.63, 3.8) is 0 Å². The first-order chi connectivity index (χ1) is 11.1. The number of anilines is 1. The minimum Gasteiger partial charge on any atom is -0.383 e. The molecule has 2 saturated carbocycles. The fourth-order valence-corrected chi connectivity index (χ4v) is 3.27. The van der Waals surface area contributed by atoms with Gasteiger partial charge < -0.3 is 15.5 Å². The summed E-state index contributed by atoms with van der Waals surface area (Å²) in [5, 5.41) is 0. The van der Waals surface area contributed by atoms with Crippen LogP contribution in [-0.2, 0) is 0 Å². The highest BCUT2D eigenvalue weighted by Gasteiger charge is 2.27. The highest BCUT2D eigenvalue weighted by molar-refractivity contribution is 5.97. The molecule has 0 aliphatic heterocycles. The van der Waals surface area contributed by atoms with Crippen LogP contribution in [0.4, 0.5) is 5.82 Å². The summed E-state index contributed by atoms with van der Waals surface area (Å²) in [6.07, 6.45) is 8.87. The molecule has 2 fully saturated rings. The van der Waals surface area contributed by atoms with Gasteiger partial charge in [-0.3, -0.25) is 4.79 Å². The minimum absolute atomic E-state index is 0.0929. The second-order valence-corrected chi connectivity index (χ2v) is 6.95. The highest BCUT2D eigenvalue weighted by Crippen LogP contribution is 2.32. The topological polar surface area (TPSA) is 75.3 Å². The number of hydrogen-bond acceptors (Lipinski definition) is 5. The number of nitrogens with zero attached hydrogens (tertiary/aromatic N) is 4. The number of hydrogen-bond donors (Lipinski definition) is 1. The van der Waals surface area contributed by atoms with Crippen molar-refractivity contribution in [1.82, 2.24) is 19.8 Å². The molecule has 3 rings (SSSR count). The normalized spacial score (nSPS) is 18.6. The van der Waals surface area contributed by atoms with Gasteiger partial charge in [-0.05, 0) is 32.7 Å². The molecule has 2 aliphatic rings. The Morgan fingerprint density at radius 1 is 1.22 bits per heavy atom. The van der Waals surface area contributed by atoms with E-state index in [-0.39, 0.29) is 5.91 Å². The quantitative estimate of drug-likeness (QED) is 0.867. The molecule has 0 spiro atoms. The largest absolute Gasteiger partial charge is 0.383 e. The van der Waals surface area contributed by atoms with E-state index in [1.165, 1.54) is 25.7 Å². The fourth-order valence-electron chi connectivity index (χ4n) is 3.27. The third-order valence-electron chi connectivity index (χ3n) is 5.09. The smallest absolute Gasteiger partial charge is 0.258 e. The van der Waals surface area contributed by atoms with Gasteiger partial charge in [0.05, 0.1) is 0 Å². The van der Waals surface area contributed by atoms with Crippen LogP contribution in [0.5, 0.6) is 0 Å². The molecule has 0 unspecified atom stereocenters. The van der Waals surface area contributed by atoms with Crippen molar-refractivity contribution >= 4 is 11.7 Å². The maximum Gasteiger partial charge on any atom is 0.258 e. The fraction of sp³-hybridized carbons (Fsp3) is 0.706. The van der Waals surface area contributed by atoms with E-state index >= 15 is 0 Å². The Balaban J connectivity index is 1.61. The van der Waals surface area contributed by atoms with Gasteiger partial charge in [0.25, 0.3) is 5.91 Å². The maximum absolute atomic E-state index is 12.5. The molecule has 1 aromatic rings. The lowest BCUT2D eigenvalue weighted by molar-refractivity contribution is 0.0781. The summed E-state index contributed by atoms with van der Waals surface area (Å²) < 4.78 is 0. The molecule has 6 nitrogen and oxygen atoms in total. The Kier molecular flexibility index (Phi) is 4.80. The lowest BCUT2D eigenvalue weighted by atomic mass is 10.1. The first-order valence-corrected chi connectivity index (χ1v) is 8.64. The van der Waals surface area contributed by atoms with E-state index in [1.54, 1.807) is 11.1 Å². The molecule has 0 atom stereocenters. The lowest BCUT2D eigenvalue weighted by Gasteiger charge is -2.22. The van der Waals surface area contributed by atoms with Crippen molar-refractivity contribution in [2.45, 2.75) is 50.5 Å². The number of amides is 1. The zero-order valence-corrected chi connectivity index (χ0v) is 14.2. The Morgan fingerprint density at radius 3 is 2.52 bits per heavy atom. The SMILES string of the molecule is CN(CCN(C)C1CC1)C(=O)c1cnc(C2CCCC2)nc1N. The molecule has 6 heteroatoms. The Hall–Kier alpha value is -1.69. The van der Waals surface area contributed by atoms with E-state index < -0.39 is 0 Å². The zero-order chi connectivity index (χ0) is 16.4. The van der Waals surface area contributed by atoms with Crippen LogP contribution >= 0.6 is 0 Å². The van der Waals surface area contributed by atoms with Crippen LogP contribution < -0.4 is 5.73 Å². The van der Waals surface area contributed by atoms with Gasteiger partial charge in [-0.25, -0.2) is 9.97 Å². The van der Waals surface area contributed by atoms with Crippen LogP contribution in [0.25, 0.3) is 0 Å². The van der Waals surface area contributed by atoms with Gasteiger partial charge in [0.1, 0.15) is 17.2 Å². The third-order valence-corrected chi connectivity index (χ3v) is 5.09. The van der Waals surface area contributed by atoms with E-state index in [0.717, 1.165) is 25.2 Å². The van der Waals surface area contributed by atoms with Crippen LogP contribution in [0.15, 0.2) is 6.20 Å². The molecule has 0 radical (unpaired) electrons. The van der Waals surface area contributed by atoms with Crippen LogP contribution in [0.1, 0.15) is 60.6 Å². The van der Waals surface area contributed by atoms with E-state index in [2.05, 4.69) is 21.9 Å². The van der Waals surface area contributed by atoms with Crippen molar-refractivity contribution < 1.29 is 4.79 Å². The molecule has 1 heterocycles. The summed E-state index contributed by atoms with van der Waals surface area (Å²) in [4.78, 5) is 25.4. The standard InChI is InChI=1S/C17H27N5O/c1-21(13-7-8-13)9-10-22(2)17(23)14-11-19-16(20-15(14)18)12-5-3-4-6-12/h11-13H,3-10H2,1-2H3,(H2,18,19,20). The summed E-state index contributed by atoms with van der Waals surface area (Å²) in [5.41, 5.74) is 6.45. The van der Waals surface area contributed by atoms with Crippen LogP contribution in [0, 0.1) is 0 Å². The van der Waals surface area contributed by atoms with Gasteiger partial charge in [-0.2, -0.15) is 0 Å². The molecule has 0 aromatic carbocycles. The number of nitrogen functional groups attached to an aromatic ring is 1. The molecule has 1 aromatic heterocycles. The first-order valence-electron chi connectivity index (χ1n) is 8.64. The van der Waals surface area contributed by atoms with Crippen LogP contribution in [-0.4, -0.2) is 58.9 Å². The summed E-state index contributed by atoms with van der Waals surface area (Å²) in [7, 11) is 3.93. The average Bonchev–Trinajstić information content (AvgIpc) is 3.26. The minimum atomic E-state index is -0.0929. The summed E-state index contributed by atoms with van der Waals surface area (Å²) in [6.45, 7) is 1.57. The number of aromatic nitrogens is 2. The zero-order valence-electron chi connectivity index (χ0n) is 14.2. The lowest BCUT2D eigenvalue weighted by Crippen LogP contribution is -2.36. The van der Waals surface area contributed by atoms with Gasteiger partial charge in [0.15, 0.2) is 0 Å². The summed E-state index contributed by atoms with van der Waals surface area (Å²) in [6, 6.07) is 0.706. The van der Waals surface area contributed by atoms with E-state index in [4.69, 9.17) is 5.73 Å². The van der Waals surface area contributed by atoms with Crippen molar-refractivity contribution in [3.8, 4) is 0 Å². The van der Waals surface area contributed by atoms with Gasteiger partial charge in [-0.15, -0.1) is 0 Å². The Bertz CT molecular complexity index is 566. The van der Waals surface area contributed by atoms with E-state index in [0.29, 0.717) is 29.9 Å². The predicted molar refractivity (Wildman–Crippen MR) is 90.3 cm³/mol. The predicted octanol–water partition coefficient (Wildman–Crippen LogP) is 1.88. The number of rotatable bonds is 6. The van der Waals surface area contributed by atoms with Crippen molar-refractivity contribution in [3.05, 3.63) is 17.6 Å².